The van der Waals surface area contributed by atoms with Crippen molar-refractivity contribution in [3.8, 4) is 0 Å². The van der Waals surface area contributed by atoms with Gasteiger partial charge in [-0.3, -0.25) is 11.3 Å². The molecule has 0 aliphatic carbocycles. The smallest absolute Gasteiger partial charge is 0.267 e. The molecule has 0 bridgehead atoms. The zero-order chi connectivity index (χ0) is 6.15. The Morgan fingerprint density at radius 2 is 1.78 bits per heavy atom. The van der Waals surface area contributed by atoms with Crippen molar-refractivity contribution in [3.63, 3.8) is 0 Å². The summed E-state index contributed by atoms with van der Waals surface area (Å²) in [5.74, 6) is 0. The molecule has 0 amide bonds. The van der Waals surface area contributed by atoms with E-state index in [0.29, 0.717) is 0 Å². The van der Waals surface area contributed by atoms with Gasteiger partial charge in [-0.05, 0) is 6.92 Å². The van der Waals surface area contributed by atoms with Gasteiger partial charge >= 0.3 is 58.2 Å². The van der Waals surface area contributed by atoms with Gasteiger partial charge in [0.2, 0.25) is 0 Å². The Hall–Kier alpha value is 1.51. The number of aryl methyl sites for hydroxylation is 3. The number of thiophene rings is 1. The van der Waals surface area contributed by atoms with E-state index in [9.17, 15) is 0 Å². The topological polar surface area (TPSA) is 0 Å². The normalized spacial score (nSPS) is 8.78. The van der Waals surface area contributed by atoms with Crippen LogP contribution >= 0.6 is 11.3 Å². The van der Waals surface area contributed by atoms with E-state index in [1.165, 1.54) is 15.3 Å². The minimum atomic E-state index is 0. The third-order valence-corrected chi connectivity index (χ3v) is 2.22. The van der Waals surface area contributed by atoms with Crippen LogP contribution in [-0.2, 0) is 0 Å². The van der Waals surface area contributed by atoms with Crippen molar-refractivity contribution in [1.82, 2.24) is 0 Å². The Kier molecular flexibility index (Phi) is 5.13. The summed E-state index contributed by atoms with van der Waals surface area (Å²) in [6, 6.07) is 3.23. The monoisotopic (exact) mass is 210 g/mol. The van der Waals surface area contributed by atoms with E-state index in [2.05, 4.69) is 26.8 Å². The number of hydrogen-bond acceptors (Lipinski definition) is 1. The SMILES string of the molecule is Cc1[c-]c(C)c(C)s1.[Rb+]. The molecule has 0 fully saturated rings. The van der Waals surface area contributed by atoms with E-state index < -0.39 is 0 Å². The van der Waals surface area contributed by atoms with Crippen molar-refractivity contribution in [2.45, 2.75) is 20.8 Å². The standard InChI is InChI=1S/C7H9S.Rb/c1-5-4-6(2)8-7(5)3;/h1-3H3;/q-1;+1. The maximum Gasteiger partial charge on any atom is 1.00 e. The minimum Gasteiger partial charge on any atom is -0.267 e. The molecule has 0 nitrogen and oxygen atoms in total. The van der Waals surface area contributed by atoms with Crippen LogP contribution in [0.5, 0.6) is 0 Å². The Bertz CT molecular complexity index is 171. The maximum atomic E-state index is 3.23. The molecule has 9 heavy (non-hydrogen) atoms. The molecule has 1 aromatic rings. The first kappa shape index (κ1) is 10.5. The fourth-order valence-electron chi connectivity index (χ4n) is 0.684. The molecule has 2 heteroatoms. The van der Waals surface area contributed by atoms with E-state index in [-0.39, 0.29) is 58.2 Å². The second kappa shape index (κ2) is 4.40. The summed E-state index contributed by atoms with van der Waals surface area (Å²) >= 11 is 1.81. The molecule has 0 spiro atoms. The van der Waals surface area contributed by atoms with Gasteiger partial charge < -0.3 is 0 Å². The van der Waals surface area contributed by atoms with Crippen molar-refractivity contribution in [2.24, 2.45) is 0 Å². The summed E-state index contributed by atoms with van der Waals surface area (Å²) in [5, 5.41) is 0. The third kappa shape index (κ3) is 2.94. The fraction of sp³-hybridized carbons (Fsp3) is 0.429. The Morgan fingerprint density at radius 1 is 1.22 bits per heavy atom. The zero-order valence-electron chi connectivity index (χ0n) is 6.41. The molecule has 1 rings (SSSR count). The molecular weight excluding hydrogens is 202 g/mol. The van der Waals surface area contributed by atoms with Crippen LogP contribution in [-0.4, -0.2) is 0 Å². The van der Waals surface area contributed by atoms with Gasteiger partial charge in [0, 0.05) is 0 Å². The molecule has 0 aliphatic rings. The predicted molar refractivity (Wildman–Crippen MR) is 37.4 cm³/mol. The molecular formula is C7H9RbS. The van der Waals surface area contributed by atoms with Gasteiger partial charge in [-0.1, -0.05) is 13.8 Å². The van der Waals surface area contributed by atoms with Gasteiger partial charge in [-0.2, -0.15) is 0 Å². The molecule has 0 aliphatic heterocycles. The minimum absolute atomic E-state index is 0. The number of rotatable bonds is 0. The largest absolute Gasteiger partial charge is 1.00 e. The average Bonchev–Trinajstić information content (AvgIpc) is 1.85. The second-order valence-electron chi connectivity index (χ2n) is 1.96. The third-order valence-electron chi connectivity index (χ3n) is 1.20. The van der Waals surface area contributed by atoms with Gasteiger partial charge in [-0.25, -0.2) is 11.6 Å². The van der Waals surface area contributed by atoms with Crippen LogP contribution in [0, 0.1) is 26.8 Å². The van der Waals surface area contributed by atoms with Gasteiger partial charge in [0.25, 0.3) is 0 Å². The van der Waals surface area contributed by atoms with Gasteiger partial charge in [-0.15, -0.1) is 9.75 Å². The summed E-state index contributed by atoms with van der Waals surface area (Å²) in [4.78, 5) is 2.68. The van der Waals surface area contributed by atoms with Crippen LogP contribution in [0.2, 0.25) is 0 Å². The fourth-order valence-corrected chi connectivity index (χ4v) is 1.55. The Balaban J connectivity index is 0.000000640. The molecule has 0 atom stereocenters. The van der Waals surface area contributed by atoms with Crippen molar-refractivity contribution >= 4 is 11.3 Å². The van der Waals surface area contributed by atoms with Gasteiger partial charge in [0.1, 0.15) is 0 Å². The summed E-state index contributed by atoms with van der Waals surface area (Å²) < 4.78 is 0. The van der Waals surface area contributed by atoms with Crippen LogP contribution < -0.4 is 58.2 Å². The first-order valence-electron chi connectivity index (χ1n) is 2.66. The van der Waals surface area contributed by atoms with Crippen LogP contribution in [0.15, 0.2) is 0 Å². The molecule has 1 heterocycles. The van der Waals surface area contributed by atoms with E-state index >= 15 is 0 Å². The van der Waals surface area contributed by atoms with Crippen LogP contribution in [0.25, 0.3) is 0 Å². The molecule has 0 radical (unpaired) electrons. The van der Waals surface area contributed by atoms with Crippen molar-refractivity contribution in [1.29, 1.82) is 0 Å². The molecule has 1 aromatic heterocycles. The zero-order valence-corrected chi connectivity index (χ0v) is 12.1. The first-order valence-corrected chi connectivity index (χ1v) is 3.47. The van der Waals surface area contributed by atoms with Crippen molar-refractivity contribution < 1.29 is 58.2 Å². The van der Waals surface area contributed by atoms with Gasteiger partial charge in [0.15, 0.2) is 0 Å². The summed E-state index contributed by atoms with van der Waals surface area (Å²) in [6.07, 6.45) is 0. The molecule has 0 unspecified atom stereocenters. The van der Waals surface area contributed by atoms with Crippen molar-refractivity contribution in [2.75, 3.05) is 0 Å². The maximum absolute atomic E-state index is 3.23. The molecule has 0 N–H and O–H groups in total. The average molecular weight is 211 g/mol. The van der Waals surface area contributed by atoms with Gasteiger partial charge in [0.05, 0.1) is 0 Å². The van der Waals surface area contributed by atoms with Crippen LogP contribution in [0.3, 0.4) is 0 Å². The van der Waals surface area contributed by atoms with E-state index in [1.54, 1.807) is 0 Å². The number of hydrogen-bond donors (Lipinski definition) is 0. The predicted octanol–water partition coefficient (Wildman–Crippen LogP) is -0.522. The van der Waals surface area contributed by atoms with Crippen LogP contribution in [0.1, 0.15) is 15.3 Å². The van der Waals surface area contributed by atoms with E-state index in [0.717, 1.165) is 0 Å². The second-order valence-corrected chi connectivity index (χ2v) is 3.39. The molecule has 44 valence electrons. The molecule has 0 aromatic carbocycles. The van der Waals surface area contributed by atoms with E-state index in [1.807, 2.05) is 11.3 Å². The van der Waals surface area contributed by atoms with Crippen LogP contribution in [0.4, 0.5) is 0 Å². The summed E-state index contributed by atoms with van der Waals surface area (Å²) in [7, 11) is 0. The van der Waals surface area contributed by atoms with Crippen molar-refractivity contribution in [3.05, 3.63) is 21.4 Å². The first-order chi connectivity index (χ1) is 3.70. The Labute approximate surface area is 109 Å². The summed E-state index contributed by atoms with van der Waals surface area (Å²) in [6.45, 7) is 6.31. The molecule has 0 saturated heterocycles. The molecule has 0 saturated carbocycles. The van der Waals surface area contributed by atoms with E-state index in [4.69, 9.17) is 0 Å². The Morgan fingerprint density at radius 3 is 1.89 bits per heavy atom. The quantitative estimate of drug-likeness (QED) is 0.506. The summed E-state index contributed by atoms with van der Waals surface area (Å²) in [5.41, 5.74) is 1.30.